The van der Waals surface area contributed by atoms with Gasteiger partial charge in [0, 0.05) is 17.3 Å². The summed E-state index contributed by atoms with van der Waals surface area (Å²) in [6.07, 6.45) is 0. The van der Waals surface area contributed by atoms with Gasteiger partial charge in [-0.15, -0.1) is 0 Å². The number of halogens is 1. The number of carboxylic acids is 1. The first-order valence-electron chi connectivity index (χ1n) is 5.45. The van der Waals surface area contributed by atoms with Crippen LogP contribution in [0.4, 0.5) is 5.69 Å². The number of hydrogen-bond acceptors (Lipinski definition) is 3. The van der Waals surface area contributed by atoms with E-state index in [4.69, 9.17) is 11.6 Å². The highest BCUT2D eigenvalue weighted by atomic mass is 35.5. The van der Waals surface area contributed by atoms with Crippen molar-refractivity contribution in [2.75, 3.05) is 5.32 Å². The minimum Gasteiger partial charge on any atom is -0.545 e. The molecule has 2 aromatic rings. The van der Waals surface area contributed by atoms with E-state index in [0.29, 0.717) is 11.6 Å². The first kappa shape index (κ1) is 12.5. The third-order valence-electron chi connectivity index (χ3n) is 2.51. The number of aromatic carboxylic acids is 1. The van der Waals surface area contributed by atoms with Crippen molar-refractivity contribution in [3.63, 3.8) is 0 Å². The molecule has 2 rings (SSSR count). The van der Waals surface area contributed by atoms with Crippen LogP contribution in [0, 0.1) is 0 Å². The minimum absolute atomic E-state index is 0.163. The molecule has 0 saturated heterocycles. The van der Waals surface area contributed by atoms with Crippen molar-refractivity contribution in [3.8, 4) is 0 Å². The van der Waals surface area contributed by atoms with Crippen molar-refractivity contribution in [1.29, 1.82) is 0 Å². The maximum absolute atomic E-state index is 10.7. The molecule has 0 aromatic heterocycles. The van der Waals surface area contributed by atoms with Crippen LogP contribution in [0.3, 0.4) is 0 Å². The molecule has 0 aliphatic rings. The lowest BCUT2D eigenvalue weighted by atomic mass is 10.2. The molecule has 92 valence electrons. The van der Waals surface area contributed by atoms with E-state index in [1.54, 1.807) is 12.1 Å². The zero-order valence-electron chi connectivity index (χ0n) is 9.52. The largest absolute Gasteiger partial charge is 0.545 e. The van der Waals surface area contributed by atoms with Gasteiger partial charge in [0.05, 0.1) is 5.97 Å². The van der Waals surface area contributed by atoms with E-state index in [0.717, 1.165) is 11.3 Å². The van der Waals surface area contributed by atoms with Gasteiger partial charge in [0.2, 0.25) is 0 Å². The molecule has 0 bridgehead atoms. The summed E-state index contributed by atoms with van der Waals surface area (Å²) >= 11 is 5.79. The summed E-state index contributed by atoms with van der Waals surface area (Å²) in [5, 5.41) is 14.5. The second-order valence-electron chi connectivity index (χ2n) is 3.85. The molecule has 2 aromatic carbocycles. The van der Waals surface area contributed by atoms with Crippen LogP contribution in [0.5, 0.6) is 0 Å². The number of carbonyl (C=O) groups excluding carboxylic acids is 1. The number of carbonyl (C=O) groups is 1. The Balaban J connectivity index is 2.04. The van der Waals surface area contributed by atoms with E-state index in [2.05, 4.69) is 5.32 Å². The molecule has 0 amide bonds. The Labute approximate surface area is 110 Å². The highest BCUT2D eigenvalue weighted by molar-refractivity contribution is 6.30. The fourth-order valence-corrected chi connectivity index (χ4v) is 1.69. The molecular weight excluding hydrogens is 250 g/mol. The molecule has 0 saturated carbocycles. The smallest absolute Gasteiger partial charge is 0.0716 e. The molecule has 0 atom stereocenters. The lowest BCUT2D eigenvalue weighted by Gasteiger charge is -2.09. The predicted octanol–water partition coefficient (Wildman–Crippen LogP) is 2.32. The SMILES string of the molecule is O=C([O-])c1cccc(NCc2ccc(Cl)cc2)c1. The van der Waals surface area contributed by atoms with Gasteiger partial charge < -0.3 is 15.2 Å². The van der Waals surface area contributed by atoms with Gasteiger partial charge in [-0.25, -0.2) is 0 Å². The van der Waals surface area contributed by atoms with Crippen LogP contribution in [-0.4, -0.2) is 5.97 Å². The minimum atomic E-state index is -1.18. The molecule has 1 N–H and O–H groups in total. The topological polar surface area (TPSA) is 52.2 Å². The van der Waals surface area contributed by atoms with E-state index in [1.807, 2.05) is 30.3 Å². The van der Waals surface area contributed by atoms with Gasteiger partial charge >= 0.3 is 0 Å². The number of carboxylic acid groups (broad SMARTS) is 1. The molecule has 3 nitrogen and oxygen atoms in total. The van der Waals surface area contributed by atoms with Crippen LogP contribution < -0.4 is 10.4 Å². The van der Waals surface area contributed by atoms with Crippen LogP contribution in [0.2, 0.25) is 5.02 Å². The molecule has 0 radical (unpaired) electrons. The maximum atomic E-state index is 10.7. The Morgan fingerprint density at radius 3 is 2.56 bits per heavy atom. The average molecular weight is 261 g/mol. The summed E-state index contributed by atoms with van der Waals surface area (Å²) in [6.45, 7) is 0.605. The first-order valence-corrected chi connectivity index (χ1v) is 5.83. The summed E-state index contributed by atoms with van der Waals surface area (Å²) < 4.78 is 0. The summed E-state index contributed by atoms with van der Waals surface area (Å²) in [5.74, 6) is -1.18. The van der Waals surface area contributed by atoms with Crippen molar-refractivity contribution in [2.24, 2.45) is 0 Å². The maximum Gasteiger partial charge on any atom is 0.0716 e. The highest BCUT2D eigenvalue weighted by Gasteiger charge is 1.97. The zero-order chi connectivity index (χ0) is 13.0. The van der Waals surface area contributed by atoms with Crippen molar-refractivity contribution >= 4 is 23.3 Å². The normalized spacial score (nSPS) is 10.1. The van der Waals surface area contributed by atoms with E-state index in [-0.39, 0.29) is 5.56 Å². The number of nitrogens with one attached hydrogen (secondary N) is 1. The van der Waals surface area contributed by atoms with Crippen LogP contribution in [0.1, 0.15) is 15.9 Å². The van der Waals surface area contributed by atoms with Crippen molar-refractivity contribution in [3.05, 3.63) is 64.7 Å². The third kappa shape index (κ3) is 3.25. The van der Waals surface area contributed by atoms with Crippen LogP contribution >= 0.6 is 11.6 Å². The van der Waals surface area contributed by atoms with Crippen molar-refractivity contribution < 1.29 is 9.90 Å². The quantitative estimate of drug-likeness (QED) is 0.918. The Hall–Kier alpha value is -2.00. The van der Waals surface area contributed by atoms with Crippen LogP contribution in [-0.2, 0) is 6.54 Å². The Kier molecular flexibility index (Phi) is 3.85. The van der Waals surface area contributed by atoms with Crippen molar-refractivity contribution in [2.45, 2.75) is 6.54 Å². The van der Waals surface area contributed by atoms with Gasteiger partial charge in [-0.3, -0.25) is 0 Å². The van der Waals surface area contributed by atoms with E-state index in [9.17, 15) is 9.90 Å². The lowest BCUT2D eigenvalue weighted by molar-refractivity contribution is -0.255. The molecule has 0 heterocycles. The molecule has 18 heavy (non-hydrogen) atoms. The van der Waals surface area contributed by atoms with Gasteiger partial charge in [-0.2, -0.15) is 0 Å². The van der Waals surface area contributed by atoms with Gasteiger partial charge in [0.1, 0.15) is 0 Å². The van der Waals surface area contributed by atoms with Crippen molar-refractivity contribution in [1.82, 2.24) is 0 Å². The third-order valence-corrected chi connectivity index (χ3v) is 2.76. The van der Waals surface area contributed by atoms with Gasteiger partial charge in [-0.1, -0.05) is 35.9 Å². The molecule has 0 fully saturated rings. The summed E-state index contributed by atoms with van der Waals surface area (Å²) in [5.41, 5.74) is 1.97. The summed E-state index contributed by atoms with van der Waals surface area (Å²) in [4.78, 5) is 10.7. The molecule has 0 spiro atoms. The fraction of sp³-hybridized carbons (Fsp3) is 0.0714. The molecule has 0 unspecified atom stereocenters. The number of rotatable bonds is 4. The van der Waals surface area contributed by atoms with E-state index >= 15 is 0 Å². The van der Waals surface area contributed by atoms with Crippen LogP contribution in [0.25, 0.3) is 0 Å². The Morgan fingerprint density at radius 1 is 1.17 bits per heavy atom. The van der Waals surface area contributed by atoms with Gasteiger partial charge in [-0.05, 0) is 35.4 Å². The summed E-state index contributed by atoms with van der Waals surface area (Å²) in [7, 11) is 0. The standard InChI is InChI=1S/C14H12ClNO2/c15-12-6-4-10(5-7-12)9-16-13-3-1-2-11(8-13)14(17)18/h1-8,16H,9H2,(H,17,18)/p-1. The fourth-order valence-electron chi connectivity index (χ4n) is 1.56. The van der Waals surface area contributed by atoms with E-state index in [1.165, 1.54) is 6.07 Å². The Morgan fingerprint density at radius 2 is 1.89 bits per heavy atom. The molecule has 0 aliphatic heterocycles. The average Bonchev–Trinajstić information content (AvgIpc) is 2.38. The Bertz CT molecular complexity index is 552. The van der Waals surface area contributed by atoms with Gasteiger partial charge in [0.25, 0.3) is 0 Å². The number of anilines is 1. The van der Waals surface area contributed by atoms with E-state index < -0.39 is 5.97 Å². The molecule has 0 aliphatic carbocycles. The monoisotopic (exact) mass is 260 g/mol. The van der Waals surface area contributed by atoms with Crippen LogP contribution in [0.15, 0.2) is 48.5 Å². The van der Waals surface area contributed by atoms with Gasteiger partial charge in [0.15, 0.2) is 0 Å². The first-order chi connectivity index (χ1) is 8.65. The second-order valence-corrected chi connectivity index (χ2v) is 4.28. The second kappa shape index (κ2) is 5.56. The zero-order valence-corrected chi connectivity index (χ0v) is 10.3. The summed E-state index contributed by atoms with van der Waals surface area (Å²) in [6, 6.07) is 14.0. The number of benzene rings is 2. The lowest BCUT2D eigenvalue weighted by Crippen LogP contribution is -2.22. The molecule has 4 heteroatoms. The molecular formula is C14H11ClNO2-. The predicted molar refractivity (Wildman–Crippen MR) is 69.6 cm³/mol. The highest BCUT2D eigenvalue weighted by Crippen LogP contribution is 2.13. The number of hydrogen-bond donors (Lipinski definition) is 1.